The lowest BCUT2D eigenvalue weighted by Gasteiger charge is -2.30. The third-order valence-electron chi connectivity index (χ3n) is 4.59. The third-order valence-corrected chi connectivity index (χ3v) is 4.59. The summed E-state index contributed by atoms with van der Waals surface area (Å²) in [6, 6.07) is 9.92. The highest BCUT2D eigenvalue weighted by Crippen LogP contribution is 2.34. The van der Waals surface area contributed by atoms with Gasteiger partial charge in [0.1, 0.15) is 0 Å². The van der Waals surface area contributed by atoms with E-state index in [0.717, 1.165) is 5.92 Å². The first-order valence-electron chi connectivity index (χ1n) is 8.11. The van der Waals surface area contributed by atoms with Crippen molar-refractivity contribution in [2.75, 3.05) is 7.05 Å². The minimum Gasteiger partial charge on any atom is -0.313 e. The summed E-state index contributed by atoms with van der Waals surface area (Å²) in [5, 5.41) is 3.55. The van der Waals surface area contributed by atoms with Gasteiger partial charge >= 0.3 is 0 Å². The van der Waals surface area contributed by atoms with Gasteiger partial charge in [-0.05, 0) is 49.8 Å². The minimum absolute atomic E-state index is 0.556. The van der Waals surface area contributed by atoms with Crippen molar-refractivity contribution in [1.29, 1.82) is 0 Å². The molecular formula is C18H29N. The van der Waals surface area contributed by atoms with Crippen LogP contribution in [0.15, 0.2) is 24.3 Å². The van der Waals surface area contributed by atoms with E-state index in [-0.39, 0.29) is 0 Å². The van der Waals surface area contributed by atoms with Crippen LogP contribution in [0.1, 0.15) is 69.0 Å². The van der Waals surface area contributed by atoms with Crippen molar-refractivity contribution in [2.45, 2.75) is 64.3 Å². The molecule has 0 aliphatic heterocycles. The Balaban J connectivity index is 2.01. The van der Waals surface area contributed by atoms with E-state index >= 15 is 0 Å². The van der Waals surface area contributed by atoms with Crippen molar-refractivity contribution in [3.63, 3.8) is 0 Å². The smallest absolute Gasteiger partial charge is 0.0346 e. The van der Waals surface area contributed by atoms with E-state index in [1.54, 1.807) is 0 Å². The maximum atomic E-state index is 3.55. The molecule has 1 atom stereocenters. The molecule has 1 aromatic carbocycles. The number of unbranched alkanes of at least 4 members (excludes halogenated alkanes) is 1. The number of rotatable bonds is 6. The van der Waals surface area contributed by atoms with Gasteiger partial charge < -0.3 is 5.32 Å². The van der Waals surface area contributed by atoms with Crippen LogP contribution in [0.3, 0.4) is 0 Å². The summed E-state index contributed by atoms with van der Waals surface area (Å²) in [6.45, 7) is 2.26. The van der Waals surface area contributed by atoms with Crippen molar-refractivity contribution in [1.82, 2.24) is 5.32 Å². The molecule has 0 saturated heterocycles. The van der Waals surface area contributed by atoms with Crippen LogP contribution >= 0.6 is 0 Å². The van der Waals surface area contributed by atoms with E-state index in [2.05, 4.69) is 43.6 Å². The van der Waals surface area contributed by atoms with E-state index in [9.17, 15) is 0 Å². The van der Waals surface area contributed by atoms with Crippen LogP contribution in [-0.4, -0.2) is 7.05 Å². The maximum Gasteiger partial charge on any atom is 0.0346 e. The fourth-order valence-corrected chi connectivity index (χ4v) is 3.41. The fourth-order valence-electron chi connectivity index (χ4n) is 3.41. The van der Waals surface area contributed by atoms with Crippen molar-refractivity contribution in [2.24, 2.45) is 5.92 Å². The summed E-state index contributed by atoms with van der Waals surface area (Å²) in [6.07, 6.45) is 10.9. The van der Waals surface area contributed by atoms with Crippen molar-refractivity contribution < 1.29 is 0 Å². The average Bonchev–Trinajstić information content (AvgIpc) is 2.48. The Kier molecular flexibility index (Phi) is 5.91. The molecule has 1 N–H and O–H groups in total. The predicted octanol–water partition coefficient (Wildman–Crippen LogP) is 4.87. The molecule has 0 amide bonds. The van der Waals surface area contributed by atoms with Gasteiger partial charge in [0.05, 0.1) is 0 Å². The molecule has 1 aromatic rings. The summed E-state index contributed by atoms with van der Waals surface area (Å²) >= 11 is 0. The zero-order valence-electron chi connectivity index (χ0n) is 12.6. The second-order valence-corrected chi connectivity index (χ2v) is 6.01. The number of benzene rings is 1. The Bertz CT molecular complexity index is 348. The van der Waals surface area contributed by atoms with E-state index in [1.165, 1.54) is 62.5 Å². The first-order chi connectivity index (χ1) is 9.35. The molecule has 1 nitrogen and oxygen atoms in total. The van der Waals surface area contributed by atoms with Crippen LogP contribution in [0.5, 0.6) is 0 Å². The third kappa shape index (κ3) is 4.07. The first kappa shape index (κ1) is 14.6. The lowest BCUT2D eigenvalue weighted by Crippen LogP contribution is -2.26. The predicted molar refractivity (Wildman–Crippen MR) is 83.4 cm³/mol. The van der Waals surface area contributed by atoms with Gasteiger partial charge in [0.2, 0.25) is 0 Å². The number of aryl methyl sites for hydroxylation is 1. The molecule has 1 aliphatic rings. The largest absolute Gasteiger partial charge is 0.313 e. The van der Waals surface area contributed by atoms with Gasteiger partial charge in [-0.2, -0.15) is 0 Å². The molecule has 19 heavy (non-hydrogen) atoms. The molecule has 0 aromatic heterocycles. The lowest BCUT2D eigenvalue weighted by atomic mass is 9.81. The lowest BCUT2D eigenvalue weighted by molar-refractivity contribution is 0.281. The highest BCUT2D eigenvalue weighted by molar-refractivity contribution is 5.25. The van der Waals surface area contributed by atoms with Gasteiger partial charge in [-0.1, -0.05) is 56.9 Å². The number of hydrogen-bond acceptors (Lipinski definition) is 1. The summed E-state index contributed by atoms with van der Waals surface area (Å²) in [5.74, 6) is 0.834. The van der Waals surface area contributed by atoms with Gasteiger partial charge in [0, 0.05) is 6.04 Å². The standard InChI is InChI=1S/C18H29N/c1-3-4-8-15-11-13-17(14-12-15)18(19-2)16-9-6-5-7-10-16/h11-14,16,18-19H,3-10H2,1-2H3. The monoisotopic (exact) mass is 259 g/mol. The molecule has 1 saturated carbocycles. The van der Waals surface area contributed by atoms with Crippen LogP contribution in [0.25, 0.3) is 0 Å². The Hall–Kier alpha value is -0.820. The molecule has 1 aliphatic carbocycles. The topological polar surface area (TPSA) is 12.0 Å². The minimum atomic E-state index is 0.556. The van der Waals surface area contributed by atoms with Gasteiger partial charge in [-0.15, -0.1) is 0 Å². The Labute approximate surface area is 118 Å². The van der Waals surface area contributed by atoms with Crippen LogP contribution in [0, 0.1) is 5.92 Å². The maximum absolute atomic E-state index is 3.55. The molecular weight excluding hydrogens is 230 g/mol. The van der Waals surface area contributed by atoms with Gasteiger partial charge in [0.15, 0.2) is 0 Å². The molecule has 2 rings (SSSR count). The molecule has 1 fully saturated rings. The summed E-state index contributed by atoms with van der Waals surface area (Å²) in [7, 11) is 2.12. The van der Waals surface area contributed by atoms with Crippen LogP contribution < -0.4 is 5.32 Å². The van der Waals surface area contributed by atoms with Gasteiger partial charge in [-0.3, -0.25) is 0 Å². The quantitative estimate of drug-likeness (QED) is 0.768. The van der Waals surface area contributed by atoms with Crippen molar-refractivity contribution >= 4 is 0 Å². The highest BCUT2D eigenvalue weighted by Gasteiger charge is 2.23. The fraction of sp³-hybridized carbons (Fsp3) is 0.667. The summed E-state index contributed by atoms with van der Waals surface area (Å²) in [5.41, 5.74) is 2.97. The first-order valence-corrected chi connectivity index (χ1v) is 8.11. The summed E-state index contributed by atoms with van der Waals surface area (Å²) in [4.78, 5) is 0. The van der Waals surface area contributed by atoms with E-state index in [0.29, 0.717) is 6.04 Å². The average molecular weight is 259 g/mol. The highest BCUT2D eigenvalue weighted by atomic mass is 14.9. The number of nitrogens with one attached hydrogen (secondary N) is 1. The molecule has 1 heteroatoms. The van der Waals surface area contributed by atoms with Crippen LogP contribution in [0.4, 0.5) is 0 Å². The molecule has 0 heterocycles. The van der Waals surface area contributed by atoms with Crippen LogP contribution in [-0.2, 0) is 6.42 Å². The molecule has 0 bridgehead atoms. The van der Waals surface area contributed by atoms with Gasteiger partial charge in [0.25, 0.3) is 0 Å². The normalized spacial score (nSPS) is 18.4. The van der Waals surface area contributed by atoms with Crippen molar-refractivity contribution in [3.8, 4) is 0 Å². The Morgan fingerprint density at radius 2 is 1.79 bits per heavy atom. The SMILES string of the molecule is CCCCc1ccc(C(NC)C2CCCCC2)cc1. The Morgan fingerprint density at radius 1 is 1.11 bits per heavy atom. The van der Waals surface area contributed by atoms with E-state index in [4.69, 9.17) is 0 Å². The molecule has 1 unspecified atom stereocenters. The van der Waals surface area contributed by atoms with E-state index in [1.807, 2.05) is 0 Å². The second-order valence-electron chi connectivity index (χ2n) is 6.01. The second kappa shape index (κ2) is 7.69. The summed E-state index contributed by atoms with van der Waals surface area (Å²) < 4.78 is 0. The van der Waals surface area contributed by atoms with Crippen LogP contribution in [0.2, 0.25) is 0 Å². The zero-order chi connectivity index (χ0) is 13.5. The Morgan fingerprint density at radius 3 is 2.37 bits per heavy atom. The molecule has 106 valence electrons. The van der Waals surface area contributed by atoms with E-state index < -0.39 is 0 Å². The molecule has 0 radical (unpaired) electrons. The zero-order valence-corrected chi connectivity index (χ0v) is 12.6. The van der Waals surface area contributed by atoms with Gasteiger partial charge in [-0.25, -0.2) is 0 Å². The van der Waals surface area contributed by atoms with Crippen molar-refractivity contribution in [3.05, 3.63) is 35.4 Å². The molecule has 0 spiro atoms. The number of hydrogen-bond donors (Lipinski definition) is 1.